The third kappa shape index (κ3) is 4.77. The molecule has 0 amide bonds. The second-order valence-corrected chi connectivity index (χ2v) is 5.21. The maximum Gasteiger partial charge on any atom is 0.0498 e. The Morgan fingerprint density at radius 1 is 1.26 bits per heavy atom. The van der Waals surface area contributed by atoms with Gasteiger partial charge in [-0.2, -0.15) is 0 Å². The van der Waals surface area contributed by atoms with E-state index < -0.39 is 0 Å². The molecule has 3 nitrogen and oxygen atoms in total. The van der Waals surface area contributed by atoms with Crippen LogP contribution >= 0.6 is 11.6 Å². The van der Waals surface area contributed by atoms with Gasteiger partial charge in [0, 0.05) is 30.3 Å². The minimum absolute atomic E-state index is 0.0832. The predicted molar refractivity (Wildman–Crippen MR) is 81.4 cm³/mol. The zero-order chi connectivity index (χ0) is 14.3. The molecule has 0 bridgehead atoms. The molecule has 19 heavy (non-hydrogen) atoms. The van der Waals surface area contributed by atoms with Gasteiger partial charge in [-0.1, -0.05) is 37.6 Å². The van der Waals surface area contributed by atoms with E-state index in [0.717, 1.165) is 31.0 Å². The zero-order valence-corrected chi connectivity index (χ0v) is 12.6. The van der Waals surface area contributed by atoms with Gasteiger partial charge in [0.1, 0.15) is 0 Å². The van der Waals surface area contributed by atoms with E-state index in [9.17, 15) is 0 Å². The molecule has 0 spiro atoms. The van der Waals surface area contributed by atoms with Crippen molar-refractivity contribution >= 4 is 11.6 Å². The minimum atomic E-state index is 0.0832. The van der Waals surface area contributed by atoms with E-state index in [2.05, 4.69) is 18.7 Å². The van der Waals surface area contributed by atoms with Gasteiger partial charge in [-0.3, -0.25) is 4.90 Å². The van der Waals surface area contributed by atoms with Crippen LogP contribution in [0.25, 0.3) is 0 Å². The molecule has 0 radical (unpaired) electrons. The molecule has 2 unspecified atom stereocenters. The van der Waals surface area contributed by atoms with Crippen molar-refractivity contribution in [1.82, 2.24) is 4.90 Å². The Morgan fingerprint density at radius 2 is 1.89 bits per heavy atom. The first-order valence-electron chi connectivity index (χ1n) is 7.00. The summed E-state index contributed by atoms with van der Waals surface area (Å²) in [6, 6.07) is 8.17. The predicted octanol–water partition coefficient (Wildman–Crippen LogP) is 2.82. The SMILES string of the molecule is CCC(N)C(c1ccc(Cl)cc1)N(CC)CCCO. The lowest BCUT2D eigenvalue weighted by molar-refractivity contribution is 0.159. The number of aliphatic hydroxyl groups excluding tert-OH is 1. The molecule has 0 aliphatic rings. The summed E-state index contributed by atoms with van der Waals surface area (Å²) in [6.45, 7) is 6.22. The number of aliphatic hydroxyl groups is 1. The van der Waals surface area contributed by atoms with Crippen molar-refractivity contribution < 1.29 is 5.11 Å². The van der Waals surface area contributed by atoms with Crippen LogP contribution in [0.3, 0.4) is 0 Å². The molecule has 108 valence electrons. The Kier molecular flexibility index (Phi) is 7.39. The van der Waals surface area contributed by atoms with Crippen LogP contribution in [0.4, 0.5) is 0 Å². The van der Waals surface area contributed by atoms with Gasteiger partial charge < -0.3 is 10.8 Å². The fraction of sp³-hybridized carbons (Fsp3) is 0.600. The largest absolute Gasteiger partial charge is 0.396 e. The highest BCUT2D eigenvalue weighted by molar-refractivity contribution is 6.30. The highest BCUT2D eigenvalue weighted by atomic mass is 35.5. The second kappa shape index (κ2) is 8.54. The Morgan fingerprint density at radius 3 is 2.37 bits per heavy atom. The van der Waals surface area contributed by atoms with E-state index in [1.165, 1.54) is 5.56 Å². The summed E-state index contributed by atoms with van der Waals surface area (Å²) in [4.78, 5) is 2.33. The van der Waals surface area contributed by atoms with Gasteiger partial charge in [0.05, 0.1) is 0 Å². The molecule has 0 saturated carbocycles. The number of halogens is 1. The molecule has 3 N–H and O–H groups in total. The van der Waals surface area contributed by atoms with E-state index in [4.69, 9.17) is 22.4 Å². The molecule has 0 heterocycles. The van der Waals surface area contributed by atoms with Crippen LogP contribution in [0, 0.1) is 0 Å². The van der Waals surface area contributed by atoms with Crippen LogP contribution in [-0.2, 0) is 0 Å². The Bertz CT molecular complexity index is 356. The first-order chi connectivity index (χ1) is 9.13. The van der Waals surface area contributed by atoms with Crippen molar-refractivity contribution in [2.24, 2.45) is 5.73 Å². The molecule has 0 fully saturated rings. The summed E-state index contributed by atoms with van der Waals surface area (Å²) >= 11 is 5.95. The van der Waals surface area contributed by atoms with E-state index in [0.29, 0.717) is 0 Å². The third-order valence-electron chi connectivity index (χ3n) is 3.49. The van der Waals surface area contributed by atoms with Crippen LogP contribution in [0.1, 0.15) is 38.3 Å². The average Bonchev–Trinajstić information content (AvgIpc) is 2.44. The molecule has 0 aliphatic carbocycles. The smallest absolute Gasteiger partial charge is 0.0498 e. The normalized spacial score (nSPS) is 14.6. The van der Waals surface area contributed by atoms with E-state index in [-0.39, 0.29) is 18.7 Å². The fourth-order valence-corrected chi connectivity index (χ4v) is 2.51. The van der Waals surface area contributed by atoms with Crippen LogP contribution < -0.4 is 5.73 Å². The molecular formula is C15H25ClN2O. The summed E-state index contributed by atoms with van der Waals surface area (Å²) in [5.41, 5.74) is 7.49. The number of nitrogens with two attached hydrogens (primary N) is 1. The minimum Gasteiger partial charge on any atom is -0.396 e. The quantitative estimate of drug-likeness (QED) is 0.772. The monoisotopic (exact) mass is 284 g/mol. The van der Waals surface area contributed by atoms with Gasteiger partial charge >= 0.3 is 0 Å². The van der Waals surface area contributed by atoms with Gasteiger partial charge in [-0.15, -0.1) is 0 Å². The van der Waals surface area contributed by atoms with Gasteiger partial charge in [0.25, 0.3) is 0 Å². The van der Waals surface area contributed by atoms with Crippen molar-refractivity contribution in [3.05, 3.63) is 34.9 Å². The summed E-state index contributed by atoms with van der Waals surface area (Å²) in [5.74, 6) is 0. The highest BCUT2D eigenvalue weighted by Crippen LogP contribution is 2.26. The highest BCUT2D eigenvalue weighted by Gasteiger charge is 2.24. The van der Waals surface area contributed by atoms with E-state index in [1.807, 2.05) is 24.3 Å². The van der Waals surface area contributed by atoms with Crippen molar-refractivity contribution in [1.29, 1.82) is 0 Å². The Hall–Kier alpha value is -0.610. The molecule has 1 rings (SSSR count). The van der Waals surface area contributed by atoms with Crippen molar-refractivity contribution in [3.8, 4) is 0 Å². The molecule has 2 atom stereocenters. The number of nitrogens with zero attached hydrogens (tertiary/aromatic N) is 1. The van der Waals surface area contributed by atoms with Gasteiger partial charge in [0.2, 0.25) is 0 Å². The lowest BCUT2D eigenvalue weighted by atomic mass is 9.96. The molecule has 0 saturated heterocycles. The van der Waals surface area contributed by atoms with Crippen molar-refractivity contribution in [2.75, 3.05) is 19.7 Å². The zero-order valence-electron chi connectivity index (χ0n) is 11.8. The lowest BCUT2D eigenvalue weighted by Crippen LogP contribution is -2.41. The number of hydrogen-bond donors (Lipinski definition) is 2. The first-order valence-corrected chi connectivity index (χ1v) is 7.37. The van der Waals surface area contributed by atoms with E-state index >= 15 is 0 Å². The first kappa shape index (κ1) is 16.4. The number of benzene rings is 1. The van der Waals surface area contributed by atoms with Crippen LogP contribution in [-0.4, -0.2) is 35.7 Å². The number of likely N-dealkylation sites (N-methyl/N-ethyl adjacent to an activating group) is 1. The Balaban J connectivity index is 2.95. The number of hydrogen-bond acceptors (Lipinski definition) is 3. The van der Waals surface area contributed by atoms with Crippen LogP contribution in [0.2, 0.25) is 5.02 Å². The van der Waals surface area contributed by atoms with Crippen molar-refractivity contribution in [3.63, 3.8) is 0 Å². The van der Waals surface area contributed by atoms with Crippen LogP contribution in [0.15, 0.2) is 24.3 Å². The van der Waals surface area contributed by atoms with Crippen LogP contribution in [0.5, 0.6) is 0 Å². The summed E-state index contributed by atoms with van der Waals surface area (Å²) in [7, 11) is 0. The van der Waals surface area contributed by atoms with Crippen molar-refractivity contribution in [2.45, 2.75) is 38.8 Å². The van der Waals surface area contributed by atoms with E-state index in [1.54, 1.807) is 0 Å². The molecule has 1 aromatic carbocycles. The second-order valence-electron chi connectivity index (χ2n) is 4.77. The Labute approximate surface area is 121 Å². The van der Waals surface area contributed by atoms with Gasteiger partial charge in [-0.25, -0.2) is 0 Å². The van der Waals surface area contributed by atoms with Gasteiger partial charge in [-0.05, 0) is 37.1 Å². The summed E-state index contributed by atoms with van der Waals surface area (Å²) < 4.78 is 0. The standard InChI is InChI=1S/C15H25ClN2O/c1-3-14(17)15(18(4-2)10-5-11-19)12-6-8-13(16)9-7-12/h6-9,14-15,19H,3-5,10-11,17H2,1-2H3. The third-order valence-corrected chi connectivity index (χ3v) is 3.74. The maximum absolute atomic E-state index is 9.02. The average molecular weight is 285 g/mol. The molecule has 4 heteroatoms. The topological polar surface area (TPSA) is 49.5 Å². The number of rotatable bonds is 8. The fourth-order valence-electron chi connectivity index (χ4n) is 2.38. The van der Waals surface area contributed by atoms with Gasteiger partial charge in [0.15, 0.2) is 0 Å². The molecule has 1 aromatic rings. The maximum atomic E-state index is 9.02. The molecular weight excluding hydrogens is 260 g/mol. The summed E-state index contributed by atoms with van der Waals surface area (Å²) in [6.07, 6.45) is 1.69. The molecule has 0 aromatic heterocycles. The summed E-state index contributed by atoms with van der Waals surface area (Å²) in [5, 5.41) is 9.76. The lowest BCUT2D eigenvalue weighted by Gasteiger charge is -2.35. The molecule has 0 aliphatic heterocycles.